The zero-order valence-corrected chi connectivity index (χ0v) is 9.88. The predicted octanol–water partition coefficient (Wildman–Crippen LogP) is 3.11. The van der Waals surface area contributed by atoms with Crippen molar-refractivity contribution < 1.29 is 9.59 Å². The van der Waals surface area contributed by atoms with E-state index in [-0.39, 0.29) is 5.78 Å². The summed E-state index contributed by atoms with van der Waals surface area (Å²) in [4.78, 5) is 22.7. The van der Waals surface area contributed by atoms with Gasteiger partial charge in [0.25, 0.3) is 0 Å². The van der Waals surface area contributed by atoms with Gasteiger partial charge in [0, 0.05) is 22.7 Å². The van der Waals surface area contributed by atoms with E-state index in [4.69, 9.17) is 0 Å². The van der Waals surface area contributed by atoms with Crippen LogP contribution in [0.15, 0.2) is 42.6 Å². The summed E-state index contributed by atoms with van der Waals surface area (Å²) in [5.74, 6) is 0.0236. The van der Waals surface area contributed by atoms with Crippen molar-refractivity contribution >= 4 is 28.5 Å². The molecule has 2 aromatic heterocycles. The molecular weight excluding hydrogens is 226 g/mol. The van der Waals surface area contributed by atoms with Gasteiger partial charge in [-0.1, -0.05) is 18.2 Å². The normalized spacial score (nSPS) is 10.9. The SMILES string of the molecule is CC(=O)c1ccc2c(C=O)c3ccccn3c2c1. The van der Waals surface area contributed by atoms with Crippen LogP contribution in [0.2, 0.25) is 0 Å². The lowest BCUT2D eigenvalue weighted by molar-refractivity contribution is 0.101. The number of hydrogen-bond acceptors (Lipinski definition) is 2. The summed E-state index contributed by atoms with van der Waals surface area (Å²) in [7, 11) is 0. The van der Waals surface area contributed by atoms with Gasteiger partial charge in [0.2, 0.25) is 0 Å². The van der Waals surface area contributed by atoms with Crippen LogP contribution in [0.1, 0.15) is 27.6 Å². The lowest BCUT2D eigenvalue weighted by atomic mass is 10.1. The van der Waals surface area contributed by atoms with E-state index in [2.05, 4.69) is 0 Å². The van der Waals surface area contributed by atoms with Crippen molar-refractivity contribution in [3.63, 3.8) is 0 Å². The molecule has 1 aromatic carbocycles. The Morgan fingerprint density at radius 3 is 2.72 bits per heavy atom. The molecule has 0 spiro atoms. The molecule has 0 fully saturated rings. The summed E-state index contributed by atoms with van der Waals surface area (Å²) in [5.41, 5.74) is 3.08. The fourth-order valence-electron chi connectivity index (χ4n) is 2.31. The van der Waals surface area contributed by atoms with Crippen LogP contribution in [0.3, 0.4) is 0 Å². The van der Waals surface area contributed by atoms with Crippen LogP contribution < -0.4 is 0 Å². The Balaban J connectivity index is 2.52. The van der Waals surface area contributed by atoms with Crippen LogP contribution in [0.5, 0.6) is 0 Å². The highest BCUT2D eigenvalue weighted by Crippen LogP contribution is 2.26. The van der Waals surface area contributed by atoms with Gasteiger partial charge in [0.05, 0.1) is 11.0 Å². The number of rotatable bonds is 2. The van der Waals surface area contributed by atoms with E-state index in [0.29, 0.717) is 11.1 Å². The highest BCUT2D eigenvalue weighted by atomic mass is 16.1. The fraction of sp³-hybridized carbons (Fsp3) is 0.0667. The smallest absolute Gasteiger partial charge is 0.159 e. The maximum atomic E-state index is 11.4. The number of Topliss-reactive ketones (excluding diaryl/α,β-unsaturated/α-hetero) is 1. The number of hydrogen-bond donors (Lipinski definition) is 0. The summed E-state index contributed by atoms with van der Waals surface area (Å²) in [6.07, 6.45) is 2.76. The first-order valence-corrected chi connectivity index (χ1v) is 5.71. The Bertz CT molecular complexity index is 784. The highest BCUT2D eigenvalue weighted by Gasteiger charge is 2.11. The molecule has 0 N–H and O–H groups in total. The Morgan fingerprint density at radius 1 is 1.17 bits per heavy atom. The molecule has 18 heavy (non-hydrogen) atoms. The number of benzene rings is 1. The monoisotopic (exact) mass is 237 g/mol. The third-order valence-electron chi connectivity index (χ3n) is 3.21. The number of aldehydes is 1. The molecule has 3 rings (SSSR count). The third-order valence-corrected chi connectivity index (χ3v) is 3.21. The van der Waals surface area contributed by atoms with Gasteiger partial charge in [-0.3, -0.25) is 9.59 Å². The molecule has 0 aliphatic carbocycles. The van der Waals surface area contributed by atoms with Crippen molar-refractivity contribution in [1.29, 1.82) is 0 Å². The van der Waals surface area contributed by atoms with Crippen LogP contribution in [-0.4, -0.2) is 16.5 Å². The minimum absolute atomic E-state index is 0.0236. The van der Waals surface area contributed by atoms with Crippen LogP contribution in [-0.2, 0) is 0 Å². The van der Waals surface area contributed by atoms with Gasteiger partial charge in [-0.15, -0.1) is 0 Å². The Morgan fingerprint density at radius 2 is 2.00 bits per heavy atom. The van der Waals surface area contributed by atoms with Crippen molar-refractivity contribution in [2.75, 3.05) is 0 Å². The second kappa shape index (κ2) is 3.81. The molecule has 3 heteroatoms. The predicted molar refractivity (Wildman–Crippen MR) is 70.3 cm³/mol. The molecule has 0 radical (unpaired) electrons. The lowest BCUT2D eigenvalue weighted by Gasteiger charge is -1.98. The third kappa shape index (κ3) is 1.37. The number of aromatic nitrogens is 1. The molecule has 0 unspecified atom stereocenters. The molecule has 3 nitrogen and oxygen atoms in total. The van der Waals surface area contributed by atoms with E-state index in [1.165, 1.54) is 6.92 Å². The molecule has 0 saturated carbocycles. The Hall–Kier alpha value is -2.42. The second-order valence-corrected chi connectivity index (χ2v) is 4.28. The summed E-state index contributed by atoms with van der Waals surface area (Å²) >= 11 is 0. The van der Waals surface area contributed by atoms with Crippen molar-refractivity contribution in [3.05, 3.63) is 53.7 Å². The van der Waals surface area contributed by atoms with Gasteiger partial charge >= 0.3 is 0 Å². The number of fused-ring (bicyclic) bond motifs is 3. The zero-order valence-electron chi connectivity index (χ0n) is 9.88. The summed E-state index contributed by atoms with van der Waals surface area (Å²) in [5, 5.41) is 0.876. The average Bonchev–Trinajstić information content (AvgIpc) is 2.71. The Kier molecular flexibility index (Phi) is 2.27. The highest BCUT2D eigenvalue weighted by molar-refractivity contribution is 6.08. The fourth-order valence-corrected chi connectivity index (χ4v) is 2.31. The molecule has 88 valence electrons. The molecule has 0 atom stereocenters. The van der Waals surface area contributed by atoms with Crippen molar-refractivity contribution in [2.24, 2.45) is 0 Å². The zero-order chi connectivity index (χ0) is 12.7. The molecule has 0 amide bonds. The van der Waals surface area contributed by atoms with Crippen LogP contribution in [0, 0.1) is 0 Å². The van der Waals surface area contributed by atoms with E-state index < -0.39 is 0 Å². The van der Waals surface area contributed by atoms with E-state index in [1.807, 2.05) is 40.9 Å². The van der Waals surface area contributed by atoms with Crippen LogP contribution in [0.25, 0.3) is 16.4 Å². The molecule has 0 aliphatic rings. The summed E-state index contributed by atoms with van der Waals surface area (Å²) in [6.45, 7) is 1.54. The van der Waals surface area contributed by atoms with Crippen LogP contribution in [0.4, 0.5) is 0 Å². The van der Waals surface area contributed by atoms with E-state index in [1.54, 1.807) is 6.07 Å². The van der Waals surface area contributed by atoms with Gasteiger partial charge < -0.3 is 4.40 Å². The number of ketones is 1. The van der Waals surface area contributed by atoms with Gasteiger partial charge in [0.1, 0.15) is 0 Å². The largest absolute Gasteiger partial charge is 0.316 e. The van der Waals surface area contributed by atoms with Crippen molar-refractivity contribution in [3.8, 4) is 0 Å². The quantitative estimate of drug-likeness (QED) is 0.507. The van der Waals surface area contributed by atoms with Gasteiger partial charge in [-0.2, -0.15) is 0 Å². The molecule has 3 aromatic rings. The number of nitrogens with zero attached hydrogens (tertiary/aromatic N) is 1. The van der Waals surface area contributed by atoms with E-state index in [0.717, 1.165) is 22.7 Å². The molecule has 0 aliphatic heterocycles. The number of carbonyl (C=O) groups excluding carboxylic acids is 2. The number of carbonyl (C=O) groups is 2. The second-order valence-electron chi connectivity index (χ2n) is 4.28. The molecule has 0 bridgehead atoms. The minimum Gasteiger partial charge on any atom is -0.316 e. The topological polar surface area (TPSA) is 38.5 Å². The first-order chi connectivity index (χ1) is 8.72. The lowest BCUT2D eigenvalue weighted by Crippen LogP contribution is -1.91. The average molecular weight is 237 g/mol. The summed E-state index contributed by atoms with van der Waals surface area (Å²) < 4.78 is 1.94. The van der Waals surface area contributed by atoms with E-state index in [9.17, 15) is 9.59 Å². The molecular formula is C15H11NO2. The number of pyridine rings is 1. The summed E-state index contributed by atoms with van der Waals surface area (Å²) in [6, 6.07) is 11.1. The standard InChI is InChI=1S/C15H11NO2/c1-10(18)11-5-6-12-13(9-17)14-4-2-3-7-16(14)15(12)8-11/h2-9H,1H3. The van der Waals surface area contributed by atoms with Crippen molar-refractivity contribution in [2.45, 2.75) is 6.92 Å². The maximum absolute atomic E-state index is 11.4. The van der Waals surface area contributed by atoms with Gasteiger partial charge in [0.15, 0.2) is 12.1 Å². The Labute approximate surface area is 104 Å². The van der Waals surface area contributed by atoms with E-state index >= 15 is 0 Å². The molecule has 2 heterocycles. The van der Waals surface area contributed by atoms with Gasteiger partial charge in [-0.05, 0) is 25.1 Å². The van der Waals surface area contributed by atoms with Crippen LogP contribution >= 0.6 is 0 Å². The first kappa shape index (κ1) is 10.7. The van der Waals surface area contributed by atoms with Gasteiger partial charge in [-0.25, -0.2) is 0 Å². The minimum atomic E-state index is 0.0236. The maximum Gasteiger partial charge on any atom is 0.159 e. The molecule has 0 saturated heterocycles. The first-order valence-electron chi connectivity index (χ1n) is 5.71. The van der Waals surface area contributed by atoms with Crippen molar-refractivity contribution in [1.82, 2.24) is 4.40 Å².